The van der Waals surface area contributed by atoms with Crippen molar-refractivity contribution >= 4 is 18.3 Å². The molecule has 0 aliphatic heterocycles. The first-order valence-corrected chi connectivity index (χ1v) is 4.94. The monoisotopic (exact) mass is 244 g/mol. The van der Waals surface area contributed by atoms with Crippen LogP contribution in [-0.4, -0.2) is 12.5 Å². The van der Waals surface area contributed by atoms with E-state index < -0.39 is 5.54 Å². The minimum Gasteiger partial charge on any atom is -0.345 e. The number of amides is 1. The molecule has 3 N–H and O–H groups in total. The van der Waals surface area contributed by atoms with Gasteiger partial charge in [0.2, 0.25) is 5.91 Å². The van der Waals surface area contributed by atoms with Crippen LogP contribution in [0.25, 0.3) is 0 Å². The number of nitrogens with two attached hydrogens (primary N) is 1. The van der Waals surface area contributed by atoms with Crippen molar-refractivity contribution in [1.82, 2.24) is 5.32 Å². The van der Waals surface area contributed by atoms with Crippen LogP contribution in [0.15, 0.2) is 24.3 Å². The predicted octanol–water partition coefficient (Wildman–Crippen LogP) is 1.31. The lowest BCUT2D eigenvalue weighted by Crippen LogP contribution is -2.39. The predicted molar refractivity (Wildman–Crippen MR) is 61.8 cm³/mol. The number of carbonyl (C=O) groups is 1. The molecule has 1 amide bonds. The van der Waals surface area contributed by atoms with Crippen molar-refractivity contribution in [1.29, 1.82) is 0 Å². The Hall–Kier alpha value is -1.13. The SMILES string of the molecule is Cl.NCC(=O)NC1(c2ccccc2F)CC1. The highest BCUT2D eigenvalue weighted by molar-refractivity contribution is 5.85. The van der Waals surface area contributed by atoms with Crippen LogP contribution in [0.2, 0.25) is 0 Å². The highest BCUT2D eigenvalue weighted by atomic mass is 35.5. The van der Waals surface area contributed by atoms with Crippen LogP contribution in [0.1, 0.15) is 18.4 Å². The summed E-state index contributed by atoms with van der Waals surface area (Å²) in [5.41, 5.74) is 5.28. The molecule has 0 aromatic heterocycles. The Bertz CT molecular complexity index is 393. The summed E-state index contributed by atoms with van der Waals surface area (Å²) < 4.78 is 13.5. The Morgan fingerprint density at radius 1 is 1.44 bits per heavy atom. The molecule has 1 aliphatic rings. The smallest absolute Gasteiger partial charge is 0.234 e. The van der Waals surface area contributed by atoms with Gasteiger partial charge in [-0.05, 0) is 18.9 Å². The average Bonchev–Trinajstić information content (AvgIpc) is 2.99. The summed E-state index contributed by atoms with van der Waals surface area (Å²) in [4.78, 5) is 11.2. The van der Waals surface area contributed by atoms with E-state index in [2.05, 4.69) is 5.32 Å². The third-order valence-electron chi connectivity index (χ3n) is 2.70. The van der Waals surface area contributed by atoms with Gasteiger partial charge < -0.3 is 11.1 Å². The molecule has 88 valence electrons. The molecule has 16 heavy (non-hydrogen) atoms. The van der Waals surface area contributed by atoms with E-state index in [0.717, 1.165) is 12.8 Å². The van der Waals surface area contributed by atoms with E-state index in [1.54, 1.807) is 18.2 Å². The molecule has 1 fully saturated rings. The van der Waals surface area contributed by atoms with Gasteiger partial charge in [0.05, 0.1) is 12.1 Å². The van der Waals surface area contributed by atoms with Gasteiger partial charge in [-0.3, -0.25) is 4.79 Å². The largest absolute Gasteiger partial charge is 0.345 e. The molecule has 2 rings (SSSR count). The normalized spacial score (nSPS) is 16.1. The highest BCUT2D eigenvalue weighted by Gasteiger charge is 2.46. The van der Waals surface area contributed by atoms with Crippen molar-refractivity contribution < 1.29 is 9.18 Å². The average molecular weight is 245 g/mol. The van der Waals surface area contributed by atoms with Gasteiger partial charge in [-0.1, -0.05) is 18.2 Å². The Labute approximate surface area is 99.6 Å². The van der Waals surface area contributed by atoms with Crippen LogP contribution >= 0.6 is 12.4 Å². The number of nitrogens with one attached hydrogen (secondary N) is 1. The summed E-state index contributed by atoms with van der Waals surface area (Å²) in [6.07, 6.45) is 1.55. The summed E-state index contributed by atoms with van der Waals surface area (Å²) >= 11 is 0. The lowest BCUT2D eigenvalue weighted by Gasteiger charge is -2.17. The molecule has 0 spiro atoms. The van der Waals surface area contributed by atoms with Gasteiger partial charge in [-0.15, -0.1) is 12.4 Å². The fourth-order valence-electron chi connectivity index (χ4n) is 1.75. The number of hydrogen-bond acceptors (Lipinski definition) is 2. The lowest BCUT2D eigenvalue weighted by atomic mass is 10.0. The van der Waals surface area contributed by atoms with Crippen molar-refractivity contribution in [3.63, 3.8) is 0 Å². The van der Waals surface area contributed by atoms with E-state index in [9.17, 15) is 9.18 Å². The minimum atomic E-state index is -0.498. The van der Waals surface area contributed by atoms with Crippen molar-refractivity contribution in [2.45, 2.75) is 18.4 Å². The lowest BCUT2D eigenvalue weighted by molar-refractivity contribution is -0.120. The number of hydrogen-bond donors (Lipinski definition) is 2. The van der Waals surface area contributed by atoms with Gasteiger partial charge >= 0.3 is 0 Å². The van der Waals surface area contributed by atoms with Gasteiger partial charge in [0.25, 0.3) is 0 Å². The summed E-state index contributed by atoms with van der Waals surface area (Å²) in [5.74, 6) is -0.511. The van der Waals surface area contributed by atoms with E-state index in [-0.39, 0.29) is 30.7 Å². The first-order valence-electron chi connectivity index (χ1n) is 4.94. The molecular formula is C11H14ClFN2O. The Morgan fingerprint density at radius 2 is 2.06 bits per heavy atom. The number of carbonyl (C=O) groups excluding carboxylic acids is 1. The van der Waals surface area contributed by atoms with Crippen LogP contribution in [0.3, 0.4) is 0 Å². The summed E-state index contributed by atoms with van der Waals surface area (Å²) in [6, 6.07) is 6.52. The van der Waals surface area contributed by atoms with Crippen molar-refractivity contribution in [3.05, 3.63) is 35.6 Å². The molecule has 0 atom stereocenters. The number of benzene rings is 1. The molecule has 1 aromatic rings. The zero-order valence-corrected chi connectivity index (χ0v) is 9.52. The first-order chi connectivity index (χ1) is 7.18. The van der Waals surface area contributed by atoms with Gasteiger partial charge in [0.15, 0.2) is 0 Å². The van der Waals surface area contributed by atoms with Crippen LogP contribution in [0, 0.1) is 5.82 Å². The quantitative estimate of drug-likeness (QED) is 0.843. The van der Waals surface area contributed by atoms with E-state index >= 15 is 0 Å². The third kappa shape index (κ3) is 2.33. The summed E-state index contributed by atoms with van der Waals surface area (Å²) in [7, 11) is 0. The maximum Gasteiger partial charge on any atom is 0.234 e. The van der Waals surface area contributed by atoms with Gasteiger partial charge in [0.1, 0.15) is 5.82 Å². The topological polar surface area (TPSA) is 55.1 Å². The molecule has 1 aromatic carbocycles. The van der Waals surface area contributed by atoms with E-state index in [0.29, 0.717) is 5.56 Å². The molecule has 0 bridgehead atoms. The van der Waals surface area contributed by atoms with Crippen LogP contribution in [-0.2, 0) is 10.3 Å². The molecule has 0 heterocycles. The standard InChI is InChI=1S/C11H13FN2O.ClH/c12-9-4-2-1-3-8(9)11(5-6-11)14-10(15)7-13;/h1-4H,5-7,13H2,(H,14,15);1H. The van der Waals surface area contributed by atoms with Crippen LogP contribution in [0.5, 0.6) is 0 Å². The Balaban J connectivity index is 0.00000128. The molecular weight excluding hydrogens is 231 g/mol. The van der Waals surface area contributed by atoms with E-state index in [4.69, 9.17) is 5.73 Å². The second-order valence-electron chi connectivity index (χ2n) is 3.81. The fourth-order valence-corrected chi connectivity index (χ4v) is 1.75. The first kappa shape index (κ1) is 12.9. The Morgan fingerprint density at radius 3 is 2.56 bits per heavy atom. The zero-order chi connectivity index (χ0) is 10.9. The van der Waals surface area contributed by atoms with Crippen molar-refractivity contribution in [2.24, 2.45) is 5.73 Å². The van der Waals surface area contributed by atoms with Gasteiger partial charge in [-0.25, -0.2) is 4.39 Å². The fraction of sp³-hybridized carbons (Fsp3) is 0.364. The maximum absolute atomic E-state index is 13.5. The number of halogens is 2. The Kier molecular flexibility index (Phi) is 3.88. The molecule has 5 heteroatoms. The van der Waals surface area contributed by atoms with E-state index in [1.165, 1.54) is 6.07 Å². The second-order valence-corrected chi connectivity index (χ2v) is 3.81. The second kappa shape index (κ2) is 4.80. The van der Waals surface area contributed by atoms with Crippen LogP contribution < -0.4 is 11.1 Å². The number of rotatable bonds is 3. The summed E-state index contributed by atoms with van der Waals surface area (Å²) in [6.45, 7) is -0.0593. The molecule has 0 unspecified atom stereocenters. The van der Waals surface area contributed by atoms with Gasteiger partial charge in [0, 0.05) is 5.56 Å². The molecule has 0 radical (unpaired) electrons. The molecule has 1 saturated carbocycles. The molecule has 1 aliphatic carbocycles. The third-order valence-corrected chi connectivity index (χ3v) is 2.70. The van der Waals surface area contributed by atoms with Gasteiger partial charge in [-0.2, -0.15) is 0 Å². The minimum absolute atomic E-state index is 0. The van der Waals surface area contributed by atoms with Crippen molar-refractivity contribution in [2.75, 3.05) is 6.54 Å². The molecule has 0 saturated heterocycles. The van der Waals surface area contributed by atoms with Crippen molar-refractivity contribution in [3.8, 4) is 0 Å². The maximum atomic E-state index is 13.5. The molecule has 3 nitrogen and oxygen atoms in total. The summed E-state index contributed by atoms with van der Waals surface area (Å²) in [5, 5.41) is 2.77. The van der Waals surface area contributed by atoms with E-state index in [1.807, 2.05) is 0 Å². The highest BCUT2D eigenvalue weighted by Crippen LogP contribution is 2.46. The van der Waals surface area contributed by atoms with Crippen LogP contribution in [0.4, 0.5) is 4.39 Å². The zero-order valence-electron chi connectivity index (χ0n) is 8.70.